The third-order valence-electron chi connectivity index (χ3n) is 4.27. The SMILES string of the molecule is CNc1nccc(Nc2cc(C3CCCC3)nn2C(C)(C)C)n1. The molecule has 0 unspecified atom stereocenters. The summed E-state index contributed by atoms with van der Waals surface area (Å²) < 4.78 is 2.07. The van der Waals surface area contributed by atoms with Crippen molar-refractivity contribution < 1.29 is 0 Å². The minimum Gasteiger partial charge on any atom is -0.357 e. The second-order valence-electron chi connectivity index (χ2n) is 7.16. The molecule has 1 saturated carbocycles. The second kappa shape index (κ2) is 6.18. The van der Waals surface area contributed by atoms with Gasteiger partial charge in [0.2, 0.25) is 5.95 Å². The summed E-state index contributed by atoms with van der Waals surface area (Å²) in [7, 11) is 1.82. The Morgan fingerprint density at radius 1 is 1.22 bits per heavy atom. The van der Waals surface area contributed by atoms with Gasteiger partial charge < -0.3 is 10.6 Å². The van der Waals surface area contributed by atoms with Crippen molar-refractivity contribution in [2.45, 2.75) is 57.9 Å². The van der Waals surface area contributed by atoms with Gasteiger partial charge in [0.25, 0.3) is 0 Å². The van der Waals surface area contributed by atoms with E-state index in [-0.39, 0.29) is 5.54 Å². The first-order valence-electron chi connectivity index (χ1n) is 8.35. The quantitative estimate of drug-likeness (QED) is 0.896. The number of aromatic nitrogens is 4. The molecule has 0 saturated heterocycles. The van der Waals surface area contributed by atoms with E-state index in [1.54, 1.807) is 6.20 Å². The Bertz CT molecular complexity index is 664. The normalized spacial score (nSPS) is 15.8. The summed E-state index contributed by atoms with van der Waals surface area (Å²) in [6, 6.07) is 4.05. The Kier molecular flexibility index (Phi) is 4.24. The van der Waals surface area contributed by atoms with Gasteiger partial charge in [-0.25, -0.2) is 9.67 Å². The van der Waals surface area contributed by atoms with Crippen LogP contribution in [0.4, 0.5) is 17.6 Å². The first-order chi connectivity index (χ1) is 11.0. The first kappa shape index (κ1) is 15.8. The summed E-state index contributed by atoms with van der Waals surface area (Å²) in [6.07, 6.45) is 6.87. The average molecular weight is 314 g/mol. The highest BCUT2D eigenvalue weighted by Crippen LogP contribution is 2.36. The predicted octanol–water partition coefficient (Wildman–Crippen LogP) is 3.87. The van der Waals surface area contributed by atoms with Gasteiger partial charge in [-0.15, -0.1) is 0 Å². The van der Waals surface area contributed by atoms with Crippen LogP contribution in [0.15, 0.2) is 18.3 Å². The van der Waals surface area contributed by atoms with Crippen LogP contribution in [0.25, 0.3) is 0 Å². The van der Waals surface area contributed by atoms with E-state index in [2.05, 4.69) is 52.1 Å². The van der Waals surface area contributed by atoms with E-state index < -0.39 is 0 Å². The zero-order valence-corrected chi connectivity index (χ0v) is 14.4. The summed E-state index contributed by atoms with van der Waals surface area (Å²) >= 11 is 0. The molecule has 0 amide bonds. The van der Waals surface area contributed by atoms with Crippen molar-refractivity contribution in [1.29, 1.82) is 0 Å². The van der Waals surface area contributed by atoms with Crippen LogP contribution in [0, 0.1) is 0 Å². The molecule has 1 aliphatic rings. The second-order valence-corrected chi connectivity index (χ2v) is 7.16. The van der Waals surface area contributed by atoms with E-state index in [9.17, 15) is 0 Å². The van der Waals surface area contributed by atoms with E-state index in [0.717, 1.165) is 11.6 Å². The molecule has 3 rings (SSSR count). The van der Waals surface area contributed by atoms with Crippen molar-refractivity contribution >= 4 is 17.6 Å². The van der Waals surface area contributed by atoms with E-state index in [1.807, 2.05) is 13.1 Å². The van der Waals surface area contributed by atoms with Gasteiger partial charge >= 0.3 is 0 Å². The molecular formula is C17H26N6. The number of anilines is 3. The number of hydrogen-bond acceptors (Lipinski definition) is 5. The lowest BCUT2D eigenvalue weighted by atomic mass is 10.0. The van der Waals surface area contributed by atoms with Gasteiger partial charge in [0.15, 0.2) is 0 Å². The van der Waals surface area contributed by atoms with Crippen LogP contribution in [0.5, 0.6) is 0 Å². The molecule has 0 atom stereocenters. The summed E-state index contributed by atoms with van der Waals surface area (Å²) in [5.74, 6) is 2.96. The van der Waals surface area contributed by atoms with Crippen LogP contribution in [0.2, 0.25) is 0 Å². The van der Waals surface area contributed by atoms with E-state index in [1.165, 1.54) is 31.4 Å². The van der Waals surface area contributed by atoms with E-state index in [4.69, 9.17) is 5.10 Å². The van der Waals surface area contributed by atoms with Crippen LogP contribution in [0.3, 0.4) is 0 Å². The monoisotopic (exact) mass is 314 g/mol. The smallest absolute Gasteiger partial charge is 0.224 e. The maximum Gasteiger partial charge on any atom is 0.224 e. The van der Waals surface area contributed by atoms with Gasteiger partial charge in [-0.3, -0.25) is 0 Å². The molecule has 1 fully saturated rings. The number of rotatable bonds is 4. The lowest BCUT2D eigenvalue weighted by Gasteiger charge is -2.22. The highest BCUT2D eigenvalue weighted by Gasteiger charge is 2.25. The Morgan fingerprint density at radius 2 is 1.96 bits per heavy atom. The van der Waals surface area contributed by atoms with Crippen molar-refractivity contribution in [2.75, 3.05) is 17.7 Å². The fraction of sp³-hybridized carbons (Fsp3) is 0.588. The zero-order chi connectivity index (χ0) is 16.4. The molecule has 2 heterocycles. The molecule has 2 N–H and O–H groups in total. The third kappa shape index (κ3) is 3.46. The Labute approximate surface area is 137 Å². The summed E-state index contributed by atoms with van der Waals surface area (Å²) in [5, 5.41) is 11.3. The predicted molar refractivity (Wildman–Crippen MR) is 93.3 cm³/mol. The standard InChI is InChI=1S/C17H26N6/c1-17(2,3)23-15(11-13(22-23)12-7-5-6-8-12)20-14-9-10-19-16(18-4)21-14/h9-12H,5-8H2,1-4H3,(H2,18,19,20,21). The maximum atomic E-state index is 4.90. The summed E-state index contributed by atoms with van der Waals surface area (Å²) in [6.45, 7) is 6.51. The maximum absolute atomic E-state index is 4.90. The largest absolute Gasteiger partial charge is 0.357 e. The lowest BCUT2D eigenvalue weighted by Crippen LogP contribution is -2.25. The van der Waals surface area contributed by atoms with Crippen LogP contribution in [0.1, 0.15) is 58.1 Å². The van der Waals surface area contributed by atoms with Gasteiger partial charge in [0.05, 0.1) is 11.2 Å². The van der Waals surface area contributed by atoms with Crippen molar-refractivity contribution in [1.82, 2.24) is 19.7 Å². The number of nitrogens with zero attached hydrogens (tertiary/aromatic N) is 4. The van der Waals surface area contributed by atoms with Gasteiger partial charge in [-0.05, 0) is 39.7 Å². The summed E-state index contributed by atoms with van der Waals surface area (Å²) in [4.78, 5) is 8.60. The van der Waals surface area contributed by atoms with Crippen LogP contribution < -0.4 is 10.6 Å². The van der Waals surface area contributed by atoms with Crippen LogP contribution in [-0.4, -0.2) is 26.8 Å². The molecule has 1 aliphatic carbocycles. The molecule has 2 aromatic rings. The Balaban J connectivity index is 1.92. The molecule has 0 aromatic carbocycles. The van der Waals surface area contributed by atoms with Crippen molar-refractivity contribution in [3.8, 4) is 0 Å². The van der Waals surface area contributed by atoms with E-state index in [0.29, 0.717) is 11.9 Å². The van der Waals surface area contributed by atoms with Crippen LogP contribution >= 0.6 is 0 Å². The molecule has 0 aliphatic heterocycles. The Morgan fingerprint density at radius 3 is 2.61 bits per heavy atom. The highest BCUT2D eigenvalue weighted by atomic mass is 15.4. The Hall–Kier alpha value is -2.11. The van der Waals surface area contributed by atoms with Crippen molar-refractivity contribution in [2.24, 2.45) is 0 Å². The van der Waals surface area contributed by atoms with Crippen LogP contribution in [-0.2, 0) is 5.54 Å². The van der Waals surface area contributed by atoms with Crippen molar-refractivity contribution in [3.63, 3.8) is 0 Å². The highest BCUT2D eigenvalue weighted by molar-refractivity contribution is 5.54. The molecule has 124 valence electrons. The fourth-order valence-electron chi connectivity index (χ4n) is 3.10. The van der Waals surface area contributed by atoms with Gasteiger partial charge in [-0.1, -0.05) is 12.8 Å². The van der Waals surface area contributed by atoms with Gasteiger partial charge in [0.1, 0.15) is 11.6 Å². The zero-order valence-electron chi connectivity index (χ0n) is 14.4. The molecule has 0 radical (unpaired) electrons. The number of nitrogens with one attached hydrogen (secondary N) is 2. The minimum absolute atomic E-state index is 0.0853. The lowest BCUT2D eigenvalue weighted by molar-refractivity contribution is 0.357. The first-order valence-corrected chi connectivity index (χ1v) is 8.35. The van der Waals surface area contributed by atoms with Gasteiger partial charge in [0, 0.05) is 25.2 Å². The molecule has 0 spiro atoms. The molecule has 2 aromatic heterocycles. The van der Waals surface area contributed by atoms with E-state index >= 15 is 0 Å². The average Bonchev–Trinajstić information content (AvgIpc) is 3.15. The van der Waals surface area contributed by atoms with Crippen molar-refractivity contribution in [3.05, 3.63) is 24.0 Å². The fourth-order valence-corrected chi connectivity index (χ4v) is 3.10. The third-order valence-corrected chi connectivity index (χ3v) is 4.27. The van der Waals surface area contributed by atoms with Gasteiger partial charge in [-0.2, -0.15) is 10.1 Å². The summed E-state index contributed by atoms with van der Waals surface area (Å²) in [5.41, 5.74) is 1.11. The molecule has 23 heavy (non-hydrogen) atoms. The number of hydrogen-bond donors (Lipinski definition) is 2. The molecular weight excluding hydrogens is 288 g/mol. The molecule has 0 bridgehead atoms. The molecule has 6 nitrogen and oxygen atoms in total. The molecule has 6 heteroatoms. The minimum atomic E-state index is -0.0853. The topological polar surface area (TPSA) is 67.7 Å².